The molecule has 29 heavy (non-hydrogen) atoms. The van der Waals surface area contributed by atoms with E-state index >= 15 is 0 Å². The largest absolute Gasteiger partial charge is 0.394 e. The Labute approximate surface area is 168 Å². The Morgan fingerprint density at radius 2 is 2.24 bits per heavy atom. The number of carbonyl (C=O) groups is 1. The molecule has 1 aliphatic rings. The smallest absolute Gasteiger partial charge is 0.319 e. The van der Waals surface area contributed by atoms with Gasteiger partial charge in [0.15, 0.2) is 5.76 Å². The zero-order valence-corrected chi connectivity index (χ0v) is 16.9. The Hall–Kier alpha value is -2.50. The molecule has 3 atom stereocenters. The average Bonchev–Trinajstić information content (AvgIpc) is 3.29. The molecule has 0 spiro atoms. The lowest BCUT2D eigenvalue weighted by molar-refractivity contribution is -0.0905. The van der Waals surface area contributed by atoms with Gasteiger partial charge in [0.1, 0.15) is 23.2 Å². The lowest BCUT2D eigenvalue weighted by Gasteiger charge is -2.36. The van der Waals surface area contributed by atoms with Crippen molar-refractivity contribution >= 4 is 11.7 Å². The summed E-state index contributed by atoms with van der Waals surface area (Å²) in [6.07, 6.45) is 3.57. The lowest BCUT2D eigenvalue weighted by atomic mass is 9.97. The molecule has 1 aliphatic heterocycles. The van der Waals surface area contributed by atoms with Crippen LogP contribution in [-0.2, 0) is 22.6 Å². The highest BCUT2D eigenvalue weighted by Crippen LogP contribution is 2.23. The summed E-state index contributed by atoms with van der Waals surface area (Å²) in [7, 11) is 1.61. The van der Waals surface area contributed by atoms with Gasteiger partial charge in [-0.3, -0.25) is 4.68 Å². The van der Waals surface area contributed by atoms with Gasteiger partial charge in [0, 0.05) is 13.7 Å². The highest BCUT2D eigenvalue weighted by atomic mass is 16.5. The van der Waals surface area contributed by atoms with Gasteiger partial charge in [0.25, 0.3) is 0 Å². The van der Waals surface area contributed by atoms with Gasteiger partial charge in [-0.25, -0.2) is 4.79 Å². The second-order valence-corrected chi connectivity index (χ2v) is 7.16. The number of ether oxygens (including phenoxy) is 2. The number of amides is 2. The first kappa shape index (κ1) is 21.2. The van der Waals surface area contributed by atoms with Crippen LogP contribution in [0.25, 0.3) is 0 Å². The third-order valence-corrected chi connectivity index (χ3v) is 4.94. The Balaban J connectivity index is 1.47. The number of aryl methyl sites for hydroxylation is 3. The van der Waals surface area contributed by atoms with E-state index in [4.69, 9.17) is 14.0 Å². The number of aromatic nitrogens is 4. The maximum Gasteiger partial charge on any atom is 0.319 e. The molecule has 2 amide bonds. The SMILES string of the molecule is COCc1cn(CC[C@@H]2CC[C@@H](NC(=O)Nc3c(C)noc3C)[C@@H](CO)O2)nn1. The molecule has 2 aromatic heterocycles. The molecule has 1 fully saturated rings. The van der Waals surface area contributed by atoms with Crippen molar-refractivity contribution in [1.29, 1.82) is 0 Å². The third kappa shape index (κ3) is 5.52. The minimum atomic E-state index is -0.469. The van der Waals surface area contributed by atoms with E-state index in [0.717, 1.165) is 18.5 Å². The predicted octanol–water partition coefficient (Wildman–Crippen LogP) is 1.15. The first-order valence-electron chi connectivity index (χ1n) is 9.64. The van der Waals surface area contributed by atoms with Crippen molar-refractivity contribution in [3.63, 3.8) is 0 Å². The molecular formula is C18H28N6O5. The molecule has 160 valence electrons. The van der Waals surface area contributed by atoms with E-state index in [2.05, 4.69) is 26.1 Å². The van der Waals surface area contributed by atoms with Crippen molar-refractivity contribution in [3.05, 3.63) is 23.3 Å². The fourth-order valence-corrected chi connectivity index (χ4v) is 3.43. The first-order chi connectivity index (χ1) is 14.0. The van der Waals surface area contributed by atoms with Crippen LogP contribution in [0.3, 0.4) is 0 Å². The van der Waals surface area contributed by atoms with Crippen LogP contribution in [0, 0.1) is 13.8 Å². The van der Waals surface area contributed by atoms with Gasteiger partial charge in [0.05, 0.1) is 31.6 Å². The van der Waals surface area contributed by atoms with Gasteiger partial charge >= 0.3 is 6.03 Å². The fraction of sp³-hybridized carbons (Fsp3) is 0.667. The predicted molar refractivity (Wildman–Crippen MR) is 102 cm³/mol. The minimum absolute atomic E-state index is 0.0223. The number of aliphatic hydroxyl groups is 1. The molecule has 3 rings (SSSR count). The summed E-state index contributed by atoms with van der Waals surface area (Å²) in [6.45, 7) is 4.40. The Morgan fingerprint density at radius 3 is 2.93 bits per heavy atom. The zero-order chi connectivity index (χ0) is 20.8. The number of nitrogens with zero attached hydrogens (tertiary/aromatic N) is 4. The van der Waals surface area contributed by atoms with Crippen LogP contribution in [-0.4, -0.2) is 63.3 Å². The summed E-state index contributed by atoms with van der Waals surface area (Å²) in [6, 6.07) is -0.658. The molecule has 0 aromatic carbocycles. The van der Waals surface area contributed by atoms with Crippen LogP contribution in [0.4, 0.5) is 10.5 Å². The van der Waals surface area contributed by atoms with E-state index in [-0.39, 0.29) is 24.8 Å². The lowest BCUT2D eigenvalue weighted by Crippen LogP contribution is -2.52. The monoisotopic (exact) mass is 408 g/mol. The second kappa shape index (κ2) is 9.81. The van der Waals surface area contributed by atoms with Gasteiger partial charge in [-0.15, -0.1) is 5.10 Å². The van der Waals surface area contributed by atoms with E-state index in [1.165, 1.54) is 0 Å². The summed E-state index contributed by atoms with van der Waals surface area (Å²) < 4.78 is 17.8. The van der Waals surface area contributed by atoms with Crippen molar-refractivity contribution in [2.45, 2.75) is 64.5 Å². The maximum atomic E-state index is 12.3. The first-order valence-corrected chi connectivity index (χ1v) is 9.64. The normalized spacial score (nSPS) is 21.9. The summed E-state index contributed by atoms with van der Waals surface area (Å²) >= 11 is 0. The van der Waals surface area contributed by atoms with Crippen LogP contribution >= 0.6 is 0 Å². The molecule has 0 saturated carbocycles. The van der Waals surface area contributed by atoms with E-state index in [0.29, 0.717) is 36.7 Å². The molecule has 0 aliphatic carbocycles. The molecule has 0 radical (unpaired) electrons. The number of nitrogens with one attached hydrogen (secondary N) is 2. The minimum Gasteiger partial charge on any atom is -0.394 e. The van der Waals surface area contributed by atoms with Crippen LogP contribution < -0.4 is 10.6 Å². The molecule has 3 heterocycles. The summed E-state index contributed by atoms with van der Waals surface area (Å²) in [5.74, 6) is 0.540. The molecule has 11 heteroatoms. The Bertz CT molecular complexity index is 787. The van der Waals surface area contributed by atoms with Crippen LogP contribution in [0.5, 0.6) is 0 Å². The molecule has 11 nitrogen and oxygen atoms in total. The summed E-state index contributed by atoms with van der Waals surface area (Å²) in [4.78, 5) is 12.3. The molecule has 1 saturated heterocycles. The quantitative estimate of drug-likeness (QED) is 0.592. The highest BCUT2D eigenvalue weighted by Gasteiger charge is 2.32. The van der Waals surface area contributed by atoms with E-state index in [1.807, 2.05) is 6.20 Å². The topological polar surface area (TPSA) is 137 Å². The number of methoxy groups -OCH3 is 1. The number of hydrogen-bond acceptors (Lipinski definition) is 8. The zero-order valence-electron chi connectivity index (χ0n) is 16.9. The van der Waals surface area contributed by atoms with Crippen LogP contribution in [0.15, 0.2) is 10.7 Å². The Kier molecular flexibility index (Phi) is 7.18. The number of hydrogen-bond donors (Lipinski definition) is 3. The van der Waals surface area contributed by atoms with Gasteiger partial charge in [-0.05, 0) is 33.1 Å². The number of urea groups is 1. The molecule has 2 aromatic rings. The van der Waals surface area contributed by atoms with Crippen LogP contribution in [0.1, 0.15) is 36.4 Å². The molecule has 3 N–H and O–H groups in total. The summed E-state index contributed by atoms with van der Waals surface area (Å²) in [5, 5.41) is 27.3. The number of anilines is 1. The number of rotatable bonds is 8. The van der Waals surface area contributed by atoms with Crippen molar-refractivity contribution in [3.8, 4) is 0 Å². The molecule has 0 unspecified atom stereocenters. The van der Waals surface area contributed by atoms with Crippen molar-refractivity contribution in [1.82, 2.24) is 25.5 Å². The van der Waals surface area contributed by atoms with Crippen molar-refractivity contribution < 1.29 is 23.9 Å². The molecule has 0 bridgehead atoms. The van der Waals surface area contributed by atoms with Crippen LogP contribution in [0.2, 0.25) is 0 Å². The Morgan fingerprint density at radius 1 is 1.41 bits per heavy atom. The van der Waals surface area contributed by atoms with Crippen molar-refractivity contribution in [2.24, 2.45) is 0 Å². The second-order valence-electron chi connectivity index (χ2n) is 7.16. The van der Waals surface area contributed by atoms with Gasteiger partial charge in [-0.2, -0.15) is 0 Å². The van der Waals surface area contributed by atoms with Crippen molar-refractivity contribution in [2.75, 3.05) is 19.0 Å². The fourth-order valence-electron chi connectivity index (χ4n) is 3.43. The summed E-state index contributed by atoms with van der Waals surface area (Å²) in [5.41, 5.74) is 1.94. The number of carbonyl (C=O) groups excluding carboxylic acids is 1. The average molecular weight is 408 g/mol. The van der Waals surface area contributed by atoms with Gasteiger partial charge in [-0.1, -0.05) is 10.4 Å². The highest BCUT2D eigenvalue weighted by molar-refractivity contribution is 5.90. The van der Waals surface area contributed by atoms with Gasteiger partial charge in [0.2, 0.25) is 0 Å². The van der Waals surface area contributed by atoms with E-state index in [1.54, 1.807) is 25.6 Å². The molecular weight excluding hydrogens is 380 g/mol. The number of aliphatic hydroxyl groups excluding tert-OH is 1. The third-order valence-electron chi connectivity index (χ3n) is 4.94. The maximum absolute atomic E-state index is 12.3. The van der Waals surface area contributed by atoms with E-state index in [9.17, 15) is 9.90 Å². The van der Waals surface area contributed by atoms with E-state index < -0.39 is 6.10 Å². The van der Waals surface area contributed by atoms with Gasteiger partial charge < -0.3 is 29.7 Å². The standard InChI is InChI=1S/C18H28N6O5/c1-11-17(12(2)29-22-11)20-18(26)19-15-5-4-14(28-16(15)9-25)6-7-24-8-13(10-27-3)21-23-24/h8,14-16,25H,4-7,9-10H2,1-3H3,(H2,19,20,26)/t14-,15+,16+/m0/s1.